The standard InChI is InChI=1S/C13H15ClN2O2/c14-9-1-2-12-11(7-9)16-13(18-12)8-17-10-3-5-15-6-4-10/h1-2,7,10,15H,3-6,8H2. The molecule has 2 heterocycles. The average Bonchev–Trinajstić information content (AvgIpc) is 2.79. The first-order valence-corrected chi connectivity index (χ1v) is 6.56. The molecule has 1 fully saturated rings. The van der Waals surface area contributed by atoms with Crippen LogP contribution in [0.3, 0.4) is 0 Å². The zero-order chi connectivity index (χ0) is 12.4. The largest absolute Gasteiger partial charge is 0.438 e. The van der Waals surface area contributed by atoms with E-state index in [1.165, 1.54) is 0 Å². The zero-order valence-electron chi connectivity index (χ0n) is 9.99. The summed E-state index contributed by atoms with van der Waals surface area (Å²) in [5.74, 6) is 0.616. The van der Waals surface area contributed by atoms with Gasteiger partial charge in [0.1, 0.15) is 12.1 Å². The van der Waals surface area contributed by atoms with Gasteiger partial charge in [-0.05, 0) is 44.1 Å². The van der Waals surface area contributed by atoms with Crippen molar-refractivity contribution in [3.63, 3.8) is 0 Å². The third-order valence-electron chi connectivity index (χ3n) is 3.12. The molecule has 0 radical (unpaired) electrons. The van der Waals surface area contributed by atoms with E-state index in [1.807, 2.05) is 6.07 Å². The smallest absolute Gasteiger partial charge is 0.221 e. The molecule has 1 aromatic heterocycles. The number of benzene rings is 1. The highest BCUT2D eigenvalue weighted by molar-refractivity contribution is 6.31. The van der Waals surface area contributed by atoms with Crippen molar-refractivity contribution in [2.45, 2.75) is 25.6 Å². The van der Waals surface area contributed by atoms with Gasteiger partial charge in [-0.15, -0.1) is 0 Å². The predicted octanol–water partition coefficient (Wildman–Crippen LogP) is 2.75. The summed E-state index contributed by atoms with van der Waals surface area (Å²) >= 11 is 5.91. The minimum atomic E-state index is 0.310. The molecule has 0 saturated carbocycles. The first-order chi connectivity index (χ1) is 8.81. The van der Waals surface area contributed by atoms with Gasteiger partial charge >= 0.3 is 0 Å². The van der Waals surface area contributed by atoms with E-state index >= 15 is 0 Å². The molecule has 0 amide bonds. The van der Waals surface area contributed by atoms with E-state index in [4.69, 9.17) is 20.8 Å². The van der Waals surface area contributed by atoms with E-state index < -0.39 is 0 Å². The van der Waals surface area contributed by atoms with Crippen LogP contribution in [0.4, 0.5) is 0 Å². The van der Waals surface area contributed by atoms with Crippen molar-refractivity contribution in [1.82, 2.24) is 10.3 Å². The van der Waals surface area contributed by atoms with Gasteiger partial charge in [0, 0.05) is 5.02 Å². The predicted molar refractivity (Wildman–Crippen MR) is 69.7 cm³/mol. The quantitative estimate of drug-likeness (QED) is 0.928. The Kier molecular flexibility index (Phi) is 3.50. The number of fused-ring (bicyclic) bond motifs is 1. The highest BCUT2D eigenvalue weighted by Gasteiger charge is 2.15. The third kappa shape index (κ3) is 2.66. The summed E-state index contributed by atoms with van der Waals surface area (Å²) in [6.45, 7) is 2.47. The molecule has 0 atom stereocenters. The summed E-state index contributed by atoms with van der Waals surface area (Å²) in [6.07, 6.45) is 2.41. The van der Waals surface area contributed by atoms with Crippen molar-refractivity contribution in [3.05, 3.63) is 29.1 Å². The van der Waals surface area contributed by atoms with Crippen molar-refractivity contribution in [2.24, 2.45) is 0 Å². The Hall–Kier alpha value is -1.10. The molecule has 1 aromatic carbocycles. The summed E-state index contributed by atoms with van der Waals surface area (Å²) in [5, 5.41) is 3.98. The zero-order valence-corrected chi connectivity index (χ0v) is 10.7. The Morgan fingerprint density at radius 3 is 3.06 bits per heavy atom. The van der Waals surface area contributed by atoms with Gasteiger partial charge in [-0.25, -0.2) is 4.98 Å². The molecule has 0 bridgehead atoms. The molecule has 96 valence electrons. The van der Waals surface area contributed by atoms with E-state index in [0.29, 0.717) is 23.6 Å². The van der Waals surface area contributed by atoms with Crippen LogP contribution < -0.4 is 5.32 Å². The molecule has 18 heavy (non-hydrogen) atoms. The van der Waals surface area contributed by atoms with Crippen LogP contribution in [0, 0.1) is 0 Å². The van der Waals surface area contributed by atoms with Crippen LogP contribution in [0.5, 0.6) is 0 Å². The van der Waals surface area contributed by atoms with Gasteiger partial charge in [0.2, 0.25) is 5.89 Å². The fourth-order valence-electron chi connectivity index (χ4n) is 2.16. The Morgan fingerprint density at radius 1 is 1.39 bits per heavy atom. The first kappa shape index (κ1) is 12.0. The summed E-state index contributed by atoms with van der Waals surface area (Å²) in [4.78, 5) is 4.37. The lowest BCUT2D eigenvalue weighted by Crippen LogP contribution is -2.32. The fraction of sp³-hybridized carbons (Fsp3) is 0.462. The molecule has 3 rings (SSSR count). The molecular formula is C13H15ClN2O2. The number of piperidine rings is 1. The molecule has 0 unspecified atom stereocenters. The van der Waals surface area contributed by atoms with Crippen molar-refractivity contribution in [3.8, 4) is 0 Å². The maximum Gasteiger partial charge on any atom is 0.221 e. The maximum absolute atomic E-state index is 5.91. The number of hydrogen-bond donors (Lipinski definition) is 1. The van der Waals surface area contributed by atoms with E-state index in [2.05, 4.69) is 10.3 Å². The average molecular weight is 267 g/mol. The summed E-state index contributed by atoms with van der Waals surface area (Å²) < 4.78 is 11.4. The molecule has 1 aliphatic rings. The van der Waals surface area contributed by atoms with Gasteiger partial charge in [-0.3, -0.25) is 0 Å². The van der Waals surface area contributed by atoms with Crippen LogP contribution in [0.1, 0.15) is 18.7 Å². The minimum Gasteiger partial charge on any atom is -0.438 e. The highest BCUT2D eigenvalue weighted by atomic mass is 35.5. The lowest BCUT2D eigenvalue weighted by atomic mass is 10.1. The maximum atomic E-state index is 5.91. The highest BCUT2D eigenvalue weighted by Crippen LogP contribution is 2.21. The Morgan fingerprint density at radius 2 is 2.22 bits per heavy atom. The van der Waals surface area contributed by atoms with Crippen molar-refractivity contribution >= 4 is 22.7 Å². The van der Waals surface area contributed by atoms with E-state index in [-0.39, 0.29) is 0 Å². The molecule has 1 saturated heterocycles. The second kappa shape index (κ2) is 5.26. The normalized spacial score (nSPS) is 17.4. The van der Waals surface area contributed by atoms with E-state index in [9.17, 15) is 0 Å². The lowest BCUT2D eigenvalue weighted by molar-refractivity contribution is 0.0113. The number of aromatic nitrogens is 1. The van der Waals surface area contributed by atoms with Crippen molar-refractivity contribution in [1.29, 1.82) is 0 Å². The minimum absolute atomic E-state index is 0.310. The molecule has 0 aliphatic carbocycles. The topological polar surface area (TPSA) is 47.3 Å². The molecule has 1 N–H and O–H groups in total. The second-order valence-corrected chi connectivity index (χ2v) is 4.92. The summed E-state index contributed by atoms with van der Waals surface area (Å²) in [7, 11) is 0. The number of nitrogens with one attached hydrogen (secondary N) is 1. The van der Waals surface area contributed by atoms with Gasteiger partial charge in [0.15, 0.2) is 5.58 Å². The SMILES string of the molecule is Clc1ccc2oc(COC3CCNCC3)nc2c1. The Bertz CT molecular complexity index is 535. The first-order valence-electron chi connectivity index (χ1n) is 6.18. The Balaban J connectivity index is 1.67. The number of halogens is 1. The molecular weight excluding hydrogens is 252 g/mol. The Labute approximate surface area is 110 Å². The second-order valence-electron chi connectivity index (χ2n) is 4.48. The van der Waals surface area contributed by atoms with Gasteiger partial charge in [0.25, 0.3) is 0 Å². The van der Waals surface area contributed by atoms with Gasteiger partial charge in [0.05, 0.1) is 6.10 Å². The number of nitrogens with zero attached hydrogens (tertiary/aromatic N) is 1. The van der Waals surface area contributed by atoms with Crippen LogP contribution in [0.15, 0.2) is 22.6 Å². The van der Waals surface area contributed by atoms with E-state index in [0.717, 1.165) is 37.0 Å². The number of rotatable bonds is 3. The number of oxazole rings is 1. The van der Waals surface area contributed by atoms with Crippen LogP contribution in [0.25, 0.3) is 11.1 Å². The third-order valence-corrected chi connectivity index (χ3v) is 3.36. The summed E-state index contributed by atoms with van der Waals surface area (Å²) in [5.41, 5.74) is 1.54. The molecule has 2 aromatic rings. The molecule has 5 heteroatoms. The molecule has 4 nitrogen and oxygen atoms in total. The molecule has 0 spiro atoms. The van der Waals surface area contributed by atoms with Gasteiger partial charge < -0.3 is 14.5 Å². The van der Waals surface area contributed by atoms with Crippen LogP contribution in [-0.2, 0) is 11.3 Å². The van der Waals surface area contributed by atoms with Crippen molar-refractivity contribution in [2.75, 3.05) is 13.1 Å². The fourth-order valence-corrected chi connectivity index (χ4v) is 2.33. The molecule has 1 aliphatic heterocycles. The number of hydrogen-bond acceptors (Lipinski definition) is 4. The number of ether oxygens (including phenoxy) is 1. The van der Waals surface area contributed by atoms with Crippen LogP contribution >= 0.6 is 11.6 Å². The summed E-state index contributed by atoms with van der Waals surface area (Å²) in [6, 6.07) is 5.43. The van der Waals surface area contributed by atoms with Gasteiger partial charge in [-0.2, -0.15) is 0 Å². The van der Waals surface area contributed by atoms with Gasteiger partial charge in [-0.1, -0.05) is 11.6 Å². The van der Waals surface area contributed by atoms with E-state index in [1.54, 1.807) is 12.1 Å². The van der Waals surface area contributed by atoms with Crippen molar-refractivity contribution < 1.29 is 9.15 Å². The van der Waals surface area contributed by atoms with Crippen LogP contribution in [-0.4, -0.2) is 24.2 Å². The monoisotopic (exact) mass is 266 g/mol. The van der Waals surface area contributed by atoms with Crippen LogP contribution in [0.2, 0.25) is 5.02 Å². The lowest BCUT2D eigenvalue weighted by Gasteiger charge is -2.22.